The summed E-state index contributed by atoms with van der Waals surface area (Å²) in [5, 5.41) is 0. The van der Waals surface area contributed by atoms with Gasteiger partial charge in [0.05, 0.1) is 7.11 Å². The lowest BCUT2D eigenvalue weighted by molar-refractivity contribution is 0.105. The van der Waals surface area contributed by atoms with Gasteiger partial charge in [0.15, 0.2) is 5.78 Å². The van der Waals surface area contributed by atoms with Crippen molar-refractivity contribution in [2.75, 3.05) is 7.11 Å². The number of ketones is 1. The van der Waals surface area contributed by atoms with E-state index in [0.717, 1.165) is 42.5 Å². The molecule has 26 heavy (non-hydrogen) atoms. The minimum Gasteiger partial charge on any atom is -0.497 e. The van der Waals surface area contributed by atoms with E-state index in [2.05, 4.69) is 31.9 Å². The molecule has 1 aliphatic carbocycles. The van der Waals surface area contributed by atoms with Crippen molar-refractivity contribution in [2.24, 2.45) is 0 Å². The van der Waals surface area contributed by atoms with Crippen LogP contribution in [0.15, 0.2) is 75.7 Å². The molecule has 3 aromatic rings. The lowest BCUT2D eigenvalue weighted by Gasteiger charge is -2.10. The summed E-state index contributed by atoms with van der Waals surface area (Å²) in [4.78, 5) is 13.2. The van der Waals surface area contributed by atoms with Crippen LogP contribution in [0.4, 0.5) is 0 Å². The second-order valence-corrected chi connectivity index (χ2v) is 7.84. The lowest BCUT2D eigenvalue weighted by atomic mass is 9.94. The van der Waals surface area contributed by atoms with Gasteiger partial charge in [0, 0.05) is 25.7 Å². The predicted molar refractivity (Wildman–Crippen MR) is 112 cm³/mol. The van der Waals surface area contributed by atoms with E-state index >= 15 is 0 Å². The van der Waals surface area contributed by atoms with E-state index in [0.29, 0.717) is 5.56 Å². The van der Waals surface area contributed by atoms with E-state index in [1.54, 1.807) is 7.11 Å². The van der Waals surface area contributed by atoms with Crippen molar-refractivity contribution in [1.29, 1.82) is 0 Å². The number of hydrogen-bond acceptors (Lipinski definition) is 2. The van der Waals surface area contributed by atoms with Gasteiger partial charge in [-0.3, -0.25) is 4.79 Å². The molecule has 4 rings (SSSR count). The minimum absolute atomic E-state index is 0.0443. The summed E-state index contributed by atoms with van der Waals surface area (Å²) in [5.41, 5.74) is 5.20. The monoisotopic (exact) mass is 468 g/mol. The third-order valence-electron chi connectivity index (χ3n) is 4.48. The molecule has 0 bridgehead atoms. The minimum atomic E-state index is 0.0443. The van der Waals surface area contributed by atoms with Crippen LogP contribution in [-0.4, -0.2) is 12.9 Å². The van der Waals surface area contributed by atoms with Gasteiger partial charge in [-0.15, -0.1) is 0 Å². The second kappa shape index (κ2) is 6.86. The van der Waals surface area contributed by atoms with Gasteiger partial charge in [-0.25, -0.2) is 0 Å². The Bertz CT molecular complexity index is 1030. The van der Waals surface area contributed by atoms with E-state index in [-0.39, 0.29) is 5.78 Å². The van der Waals surface area contributed by atoms with E-state index in [4.69, 9.17) is 4.74 Å². The third-order valence-corrected chi connectivity index (χ3v) is 5.54. The van der Waals surface area contributed by atoms with Gasteiger partial charge in [-0.1, -0.05) is 56.1 Å². The quantitative estimate of drug-likeness (QED) is 0.445. The van der Waals surface area contributed by atoms with E-state index in [9.17, 15) is 4.79 Å². The molecule has 0 N–H and O–H groups in total. The summed E-state index contributed by atoms with van der Waals surface area (Å²) in [6.45, 7) is 0. The Hall–Kier alpha value is -2.17. The van der Waals surface area contributed by atoms with Crippen molar-refractivity contribution in [3.05, 3.63) is 97.9 Å². The zero-order valence-corrected chi connectivity index (χ0v) is 17.1. The molecule has 1 aliphatic rings. The second-order valence-electron chi connectivity index (χ2n) is 6.00. The Balaban J connectivity index is 2.01. The van der Waals surface area contributed by atoms with Crippen LogP contribution in [-0.2, 0) is 0 Å². The Morgan fingerprint density at radius 3 is 1.77 bits per heavy atom. The fourth-order valence-electron chi connectivity index (χ4n) is 3.25. The average molecular weight is 470 g/mol. The van der Waals surface area contributed by atoms with Crippen LogP contribution >= 0.6 is 31.9 Å². The molecule has 0 heterocycles. The highest BCUT2D eigenvalue weighted by atomic mass is 79.9. The number of halogens is 2. The van der Waals surface area contributed by atoms with Gasteiger partial charge < -0.3 is 4.74 Å². The summed E-state index contributed by atoms with van der Waals surface area (Å²) in [5.74, 6) is 0.783. The first-order valence-corrected chi connectivity index (χ1v) is 9.66. The number of Topliss-reactive ketones (excluding diaryl/α,β-unsaturated/α-hetero) is 1. The Morgan fingerprint density at radius 2 is 1.23 bits per heavy atom. The maximum absolute atomic E-state index is 13.2. The molecule has 4 heteroatoms. The first-order chi connectivity index (χ1) is 12.6. The predicted octanol–water partition coefficient (Wildman–Crippen LogP) is 6.38. The number of methoxy groups -OCH3 is 1. The maximum atomic E-state index is 13.2. The number of rotatable bonds is 3. The highest BCUT2D eigenvalue weighted by Crippen LogP contribution is 2.43. The Kier molecular flexibility index (Phi) is 4.55. The number of carbonyl (C=O) groups excluding carboxylic acids is 1. The van der Waals surface area contributed by atoms with Crippen molar-refractivity contribution in [3.63, 3.8) is 0 Å². The number of benzene rings is 3. The number of ether oxygens (including phenoxy) is 1. The topological polar surface area (TPSA) is 26.3 Å². The SMILES string of the molecule is COc1ccc2c(c1)C(c1ccc(Br)cc1)=C(c1ccc(Br)cc1)C2=O. The molecule has 128 valence electrons. The van der Waals surface area contributed by atoms with Crippen LogP contribution in [0, 0.1) is 0 Å². The van der Waals surface area contributed by atoms with Crippen molar-refractivity contribution in [3.8, 4) is 5.75 Å². The smallest absolute Gasteiger partial charge is 0.194 e. The van der Waals surface area contributed by atoms with Crippen LogP contribution < -0.4 is 4.74 Å². The first kappa shape index (κ1) is 17.3. The number of hydrogen-bond donors (Lipinski definition) is 0. The highest BCUT2D eigenvalue weighted by molar-refractivity contribution is 9.10. The highest BCUT2D eigenvalue weighted by Gasteiger charge is 2.31. The summed E-state index contributed by atoms with van der Waals surface area (Å²) in [6, 6.07) is 21.5. The number of fused-ring (bicyclic) bond motifs is 1. The summed E-state index contributed by atoms with van der Waals surface area (Å²) >= 11 is 6.94. The van der Waals surface area contributed by atoms with E-state index < -0.39 is 0 Å². The zero-order chi connectivity index (χ0) is 18.3. The summed E-state index contributed by atoms with van der Waals surface area (Å²) < 4.78 is 7.37. The van der Waals surface area contributed by atoms with Crippen LogP contribution in [0.5, 0.6) is 5.75 Å². The fraction of sp³-hybridized carbons (Fsp3) is 0.0455. The van der Waals surface area contributed by atoms with Crippen LogP contribution in [0.1, 0.15) is 27.0 Å². The summed E-state index contributed by atoms with van der Waals surface area (Å²) in [6.07, 6.45) is 0. The molecule has 0 aliphatic heterocycles. The molecule has 0 radical (unpaired) electrons. The van der Waals surface area contributed by atoms with Gasteiger partial charge in [0.25, 0.3) is 0 Å². The molecule has 0 atom stereocenters. The molecule has 0 spiro atoms. The first-order valence-electron chi connectivity index (χ1n) is 8.08. The van der Waals surface area contributed by atoms with Gasteiger partial charge in [-0.05, 0) is 59.2 Å². The van der Waals surface area contributed by atoms with E-state index in [1.165, 1.54) is 0 Å². The number of allylic oxidation sites excluding steroid dienone is 1. The van der Waals surface area contributed by atoms with Crippen molar-refractivity contribution in [2.45, 2.75) is 0 Å². The largest absolute Gasteiger partial charge is 0.497 e. The van der Waals surface area contributed by atoms with Crippen LogP contribution in [0.3, 0.4) is 0 Å². The van der Waals surface area contributed by atoms with Crippen LogP contribution in [0.2, 0.25) is 0 Å². The molecule has 0 unspecified atom stereocenters. The average Bonchev–Trinajstić information content (AvgIpc) is 2.95. The van der Waals surface area contributed by atoms with Gasteiger partial charge >= 0.3 is 0 Å². The Morgan fingerprint density at radius 1 is 0.692 bits per heavy atom. The Labute approximate surface area is 168 Å². The molecular weight excluding hydrogens is 456 g/mol. The molecule has 0 fully saturated rings. The van der Waals surface area contributed by atoms with Gasteiger partial charge in [-0.2, -0.15) is 0 Å². The standard InChI is InChI=1S/C22H14Br2O2/c1-26-17-10-11-18-19(12-17)20(13-2-6-15(23)7-3-13)21(22(18)25)14-4-8-16(24)9-5-14/h2-12H,1H3. The maximum Gasteiger partial charge on any atom is 0.194 e. The lowest BCUT2D eigenvalue weighted by Crippen LogP contribution is -1.98. The van der Waals surface area contributed by atoms with Gasteiger partial charge in [0.1, 0.15) is 5.75 Å². The molecular formula is C22H14Br2O2. The summed E-state index contributed by atoms with van der Waals surface area (Å²) in [7, 11) is 1.64. The van der Waals surface area contributed by atoms with Crippen molar-refractivity contribution in [1.82, 2.24) is 0 Å². The number of carbonyl (C=O) groups is 1. The molecule has 3 aromatic carbocycles. The molecule has 0 saturated carbocycles. The third kappa shape index (κ3) is 2.93. The fourth-order valence-corrected chi connectivity index (χ4v) is 3.78. The van der Waals surface area contributed by atoms with Gasteiger partial charge in [0.2, 0.25) is 0 Å². The molecule has 0 amide bonds. The van der Waals surface area contributed by atoms with E-state index in [1.807, 2.05) is 66.7 Å². The zero-order valence-electron chi connectivity index (χ0n) is 13.9. The molecule has 2 nitrogen and oxygen atoms in total. The molecule has 0 saturated heterocycles. The van der Waals surface area contributed by atoms with Crippen LogP contribution in [0.25, 0.3) is 11.1 Å². The molecule has 0 aromatic heterocycles. The van der Waals surface area contributed by atoms with Crippen molar-refractivity contribution < 1.29 is 9.53 Å². The van der Waals surface area contributed by atoms with Crippen molar-refractivity contribution >= 4 is 48.8 Å². The normalized spacial score (nSPS) is 13.1.